The summed E-state index contributed by atoms with van der Waals surface area (Å²) in [7, 11) is 0. The molecule has 11 heavy (non-hydrogen) atoms. The molecule has 1 unspecified atom stereocenters. The van der Waals surface area contributed by atoms with Crippen LogP contribution in [0.4, 0.5) is 0 Å². The van der Waals surface area contributed by atoms with Crippen molar-refractivity contribution in [2.45, 2.75) is 12.8 Å². The van der Waals surface area contributed by atoms with Gasteiger partial charge in [0.25, 0.3) is 0 Å². The largest absolute Gasteiger partial charge is 0.239 e. The molecule has 0 saturated carbocycles. The lowest BCUT2D eigenvalue weighted by Crippen LogP contribution is -1.93. The molecule has 0 radical (unpaired) electrons. The monoisotopic (exact) mass is 169 g/mol. The van der Waals surface area contributed by atoms with Crippen molar-refractivity contribution in [3.05, 3.63) is 12.3 Å². The Morgan fingerprint density at radius 1 is 1.73 bits per heavy atom. The average Bonchev–Trinajstić information content (AvgIpc) is 2.50. The minimum absolute atomic E-state index is 0.804. The van der Waals surface area contributed by atoms with Crippen molar-refractivity contribution in [2.24, 2.45) is 10.9 Å². The van der Waals surface area contributed by atoms with Crippen LogP contribution >= 0.6 is 11.8 Å². The summed E-state index contributed by atoms with van der Waals surface area (Å²) in [5, 5.41) is 0. The SMILES string of the molecule is O=C=N/C=C\CC1CCSC1. The van der Waals surface area contributed by atoms with Crippen LogP contribution in [0, 0.1) is 5.92 Å². The van der Waals surface area contributed by atoms with Crippen LogP contribution in [0.1, 0.15) is 12.8 Å². The van der Waals surface area contributed by atoms with Gasteiger partial charge in [-0.3, -0.25) is 0 Å². The van der Waals surface area contributed by atoms with Gasteiger partial charge in [0.15, 0.2) is 0 Å². The number of hydrogen-bond donors (Lipinski definition) is 0. The maximum Gasteiger partial charge on any atom is 0.239 e. The van der Waals surface area contributed by atoms with E-state index in [1.807, 2.05) is 17.8 Å². The van der Waals surface area contributed by atoms with Gasteiger partial charge in [-0.05, 0) is 30.3 Å². The van der Waals surface area contributed by atoms with E-state index in [0.717, 1.165) is 12.3 Å². The molecule has 2 nitrogen and oxygen atoms in total. The Hall–Kier alpha value is -0.530. The molecule has 3 heteroatoms. The van der Waals surface area contributed by atoms with Crippen LogP contribution in [-0.4, -0.2) is 17.6 Å². The maximum atomic E-state index is 9.65. The van der Waals surface area contributed by atoms with Gasteiger partial charge in [-0.25, -0.2) is 4.79 Å². The fourth-order valence-electron chi connectivity index (χ4n) is 1.11. The third-order valence-electron chi connectivity index (χ3n) is 1.73. The van der Waals surface area contributed by atoms with Crippen LogP contribution in [-0.2, 0) is 4.79 Å². The molecule has 0 aromatic rings. The molecule has 1 heterocycles. The molecular weight excluding hydrogens is 158 g/mol. The van der Waals surface area contributed by atoms with Gasteiger partial charge < -0.3 is 0 Å². The molecule has 1 saturated heterocycles. The Morgan fingerprint density at radius 2 is 2.64 bits per heavy atom. The predicted molar refractivity (Wildman–Crippen MR) is 47.3 cm³/mol. The topological polar surface area (TPSA) is 29.4 Å². The molecule has 0 bridgehead atoms. The molecule has 0 spiro atoms. The first-order valence-corrected chi connectivity index (χ1v) is 4.88. The maximum absolute atomic E-state index is 9.65. The third kappa shape index (κ3) is 3.40. The molecule has 0 aromatic carbocycles. The molecule has 0 N–H and O–H groups in total. The summed E-state index contributed by atoms with van der Waals surface area (Å²) in [6.45, 7) is 0. The summed E-state index contributed by atoms with van der Waals surface area (Å²) in [6, 6.07) is 0. The molecule has 1 fully saturated rings. The smallest absolute Gasteiger partial charge is 0.211 e. The van der Waals surface area contributed by atoms with Crippen LogP contribution in [0.3, 0.4) is 0 Å². The van der Waals surface area contributed by atoms with E-state index in [-0.39, 0.29) is 0 Å². The van der Waals surface area contributed by atoms with Gasteiger partial charge in [0.1, 0.15) is 0 Å². The van der Waals surface area contributed by atoms with Gasteiger partial charge in [-0.2, -0.15) is 16.8 Å². The summed E-state index contributed by atoms with van der Waals surface area (Å²) in [6.07, 6.45) is 7.32. The van der Waals surface area contributed by atoms with E-state index in [9.17, 15) is 4.79 Å². The minimum Gasteiger partial charge on any atom is -0.211 e. The number of allylic oxidation sites excluding steroid dienone is 1. The lowest BCUT2D eigenvalue weighted by molar-refractivity contribution is 0.565. The molecule has 0 aliphatic carbocycles. The van der Waals surface area contributed by atoms with Gasteiger partial charge >= 0.3 is 0 Å². The van der Waals surface area contributed by atoms with Crippen molar-refractivity contribution in [3.8, 4) is 0 Å². The molecular formula is C8H11NOS. The number of hydrogen-bond acceptors (Lipinski definition) is 3. The fourth-order valence-corrected chi connectivity index (χ4v) is 2.41. The van der Waals surface area contributed by atoms with Crippen molar-refractivity contribution >= 4 is 17.8 Å². The Kier molecular flexibility index (Phi) is 4.02. The van der Waals surface area contributed by atoms with E-state index in [1.54, 1.807) is 0 Å². The second-order valence-corrected chi connectivity index (χ2v) is 3.72. The van der Waals surface area contributed by atoms with E-state index in [1.165, 1.54) is 30.2 Å². The van der Waals surface area contributed by atoms with Crippen LogP contribution in [0.2, 0.25) is 0 Å². The third-order valence-corrected chi connectivity index (χ3v) is 2.96. The second kappa shape index (κ2) is 5.16. The van der Waals surface area contributed by atoms with Gasteiger partial charge in [-0.1, -0.05) is 6.08 Å². The van der Waals surface area contributed by atoms with Gasteiger partial charge in [0, 0.05) is 6.20 Å². The Labute approximate surface area is 70.8 Å². The number of carbonyl (C=O) groups excluding carboxylic acids is 1. The Balaban J connectivity index is 2.15. The average molecular weight is 169 g/mol. The molecule has 1 aliphatic rings. The van der Waals surface area contributed by atoms with E-state index in [4.69, 9.17) is 0 Å². The van der Waals surface area contributed by atoms with E-state index in [0.29, 0.717) is 0 Å². The lowest BCUT2D eigenvalue weighted by atomic mass is 10.1. The fraction of sp³-hybridized carbons (Fsp3) is 0.625. The number of isocyanates is 1. The summed E-state index contributed by atoms with van der Waals surface area (Å²) in [4.78, 5) is 13.0. The van der Waals surface area contributed by atoms with Gasteiger partial charge in [0.2, 0.25) is 6.08 Å². The highest BCUT2D eigenvalue weighted by molar-refractivity contribution is 7.99. The number of thioether (sulfide) groups is 1. The van der Waals surface area contributed by atoms with Crippen LogP contribution in [0.5, 0.6) is 0 Å². The van der Waals surface area contributed by atoms with Crippen LogP contribution in [0.25, 0.3) is 0 Å². The highest BCUT2D eigenvalue weighted by atomic mass is 32.2. The first-order valence-electron chi connectivity index (χ1n) is 3.73. The first kappa shape index (κ1) is 8.57. The number of nitrogens with zero attached hydrogens (tertiary/aromatic N) is 1. The Morgan fingerprint density at radius 3 is 3.27 bits per heavy atom. The molecule has 60 valence electrons. The highest BCUT2D eigenvalue weighted by Crippen LogP contribution is 2.26. The zero-order valence-electron chi connectivity index (χ0n) is 6.32. The van der Waals surface area contributed by atoms with Crippen molar-refractivity contribution in [1.29, 1.82) is 0 Å². The minimum atomic E-state index is 0.804. The van der Waals surface area contributed by atoms with E-state index < -0.39 is 0 Å². The van der Waals surface area contributed by atoms with Crippen LogP contribution < -0.4 is 0 Å². The molecule has 1 atom stereocenters. The quantitative estimate of drug-likeness (QED) is 0.477. The van der Waals surface area contributed by atoms with Crippen molar-refractivity contribution in [3.63, 3.8) is 0 Å². The summed E-state index contributed by atoms with van der Waals surface area (Å²) < 4.78 is 0. The second-order valence-electron chi connectivity index (χ2n) is 2.57. The predicted octanol–water partition coefficient (Wildman–Crippen LogP) is 1.98. The molecule has 0 aromatic heterocycles. The summed E-state index contributed by atoms with van der Waals surface area (Å²) in [5.41, 5.74) is 0. The zero-order valence-corrected chi connectivity index (χ0v) is 7.14. The zero-order chi connectivity index (χ0) is 7.94. The van der Waals surface area contributed by atoms with Crippen molar-refractivity contribution in [1.82, 2.24) is 0 Å². The van der Waals surface area contributed by atoms with E-state index >= 15 is 0 Å². The Bertz CT molecular complexity index is 179. The van der Waals surface area contributed by atoms with Crippen molar-refractivity contribution < 1.29 is 4.79 Å². The van der Waals surface area contributed by atoms with Gasteiger partial charge in [0.05, 0.1) is 0 Å². The summed E-state index contributed by atoms with van der Waals surface area (Å²) >= 11 is 2.00. The molecule has 1 aliphatic heterocycles. The number of rotatable bonds is 3. The lowest BCUT2D eigenvalue weighted by Gasteiger charge is -2.00. The van der Waals surface area contributed by atoms with Crippen molar-refractivity contribution in [2.75, 3.05) is 11.5 Å². The highest BCUT2D eigenvalue weighted by Gasteiger charge is 2.12. The van der Waals surface area contributed by atoms with E-state index in [2.05, 4.69) is 4.99 Å². The summed E-state index contributed by atoms with van der Waals surface area (Å²) in [5.74, 6) is 3.35. The number of aliphatic imine (C=N–C) groups is 1. The first-order chi connectivity index (χ1) is 5.43. The van der Waals surface area contributed by atoms with Crippen LogP contribution in [0.15, 0.2) is 17.3 Å². The molecule has 1 rings (SSSR count). The van der Waals surface area contributed by atoms with Gasteiger partial charge in [-0.15, -0.1) is 0 Å². The normalized spacial score (nSPS) is 23.8. The standard InChI is InChI=1S/C8H11NOS/c10-7-9-4-1-2-8-3-5-11-6-8/h1,4,8H,2-3,5-6H2/b4-1-. The molecule has 0 amide bonds.